The van der Waals surface area contributed by atoms with E-state index >= 15 is 0 Å². The number of amides is 2. The third kappa shape index (κ3) is 4.36. The van der Waals surface area contributed by atoms with E-state index in [9.17, 15) is 19.8 Å². The van der Waals surface area contributed by atoms with E-state index < -0.39 is 30.2 Å². The summed E-state index contributed by atoms with van der Waals surface area (Å²) in [5.41, 5.74) is 0.548. The van der Waals surface area contributed by atoms with Crippen LogP contribution in [0.15, 0.2) is 35.0 Å². The number of hydrogen-bond acceptors (Lipinski definition) is 7. The molecule has 0 saturated carbocycles. The van der Waals surface area contributed by atoms with Gasteiger partial charge >= 0.3 is 11.7 Å². The average Bonchev–Trinajstić information content (AvgIpc) is 3.21. The number of aliphatic hydroxyl groups excluding tert-OH is 2. The Morgan fingerprint density at radius 3 is 2.93 bits per heavy atom. The summed E-state index contributed by atoms with van der Waals surface area (Å²) in [5, 5.41) is 24.5. The van der Waals surface area contributed by atoms with Crippen LogP contribution >= 0.6 is 0 Å². The molecule has 3 unspecified atom stereocenters. The monoisotopic (exact) mass is 404 g/mol. The van der Waals surface area contributed by atoms with E-state index in [1.54, 1.807) is 12.2 Å². The van der Waals surface area contributed by atoms with Gasteiger partial charge in [-0.3, -0.25) is 5.32 Å². The Hall–Kier alpha value is -3.02. The standard InChI is InChI=1S/C18H24N6O5/c1-3-5-10(6-4-2)21-17(27)23-15-14-16(20-9-19-15)24(18(28)22-14)13-7-11(26)12(8-25)29-13/h3,5-6,9,11-13,25-26H,4,7-8H2,1-2H3,(H,22,28)(H2,19,20,21,23,27)/b5-3-,10-6+. The topological polar surface area (TPSA) is 154 Å². The minimum absolute atomic E-state index is 0.122. The van der Waals surface area contributed by atoms with Crippen molar-refractivity contribution < 1.29 is 19.7 Å². The maximum absolute atomic E-state index is 12.5. The van der Waals surface area contributed by atoms with E-state index in [2.05, 4.69) is 25.6 Å². The van der Waals surface area contributed by atoms with Gasteiger partial charge < -0.3 is 25.3 Å². The number of nitrogens with one attached hydrogen (secondary N) is 3. The molecule has 3 heterocycles. The molecular formula is C18H24N6O5. The Balaban J connectivity index is 1.87. The van der Waals surface area contributed by atoms with Crippen LogP contribution in [0, 0.1) is 0 Å². The molecule has 1 aliphatic heterocycles. The number of nitrogens with zero attached hydrogens (tertiary/aromatic N) is 3. The maximum Gasteiger partial charge on any atom is 0.329 e. The molecule has 29 heavy (non-hydrogen) atoms. The lowest BCUT2D eigenvalue weighted by Crippen LogP contribution is -2.28. The van der Waals surface area contributed by atoms with Crippen LogP contribution in [-0.4, -0.2) is 54.6 Å². The predicted octanol–water partition coefficient (Wildman–Crippen LogP) is 0.752. The summed E-state index contributed by atoms with van der Waals surface area (Å²) in [7, 11) is 0. The lowest BCUT2D eigenvalue weighted by atomic mass is 10.2. The van der Waals surface area contributed by atoms with Crippen LogP contribution in [0.25, 0.3) is 11.2 Å². The lowest BCUT2D eigenvalue weighted by molar-refractivity contribution is -0.0441. The molecule has 2 aromatic rings. The first-order chi connectivity index (χ1) is 14.0. The first kappa shape index (κ1) is 20.7. The molecule has 3 atom stereocenters. The van der Waals surface area contributed by atoms with Crippen LogP contribution in [0.3, 0.4) is 0 Å². The molecule has 0 aromatic carbocycles. The fraction of sp³-hybridized carbons (Fsp3) is 0.444. The number of fused-ring (bicyclic) bond motifs is 1. The Morgan fingerprint density at radius 2 is 2.28 bits per heavy atom. The van der Waals surface area contributed by atoms with Crippen molar-refractivity contribution in [2.75, 3.05) is 11.9 Å². The van der Waals surface area contributed by atoms with Crippen molar-refractivity contribution in [2.24, 2.45) is 0 Å². The first-order valence-corrected chi connectivity index (χ1v) is 9.28. The molecule has 11 nitrogen and oxygen atoms in total. The van der Waals surface area contributed by atoms with Crippen LogP contribution < -0.4 is 16.3 Å². The number of ether oxygens (including phenoxy) is 1. The summed E-state index contributed by atoms with van der Waals surface area (Å²) >= 11 is 0. The van der Waals surface area contributed by atoms with Crippen LogP contribution in [-0.2, 0) is 4.74 Å². The van der Waals surface area contributed by atoms with Gasteiger partial charge in [0.1, 0.15) is 24.2 Å². The van der Waals surface area contributed by atoms with E-state index in [4.69, 9.17) is 4.74 Å². The molecule has 2 amide bonds. The molecule has 0 spiro atoms. The molecule has 11 heteroatoms. The summed E-state index contributed by atoms with van der Waals surface area (Å²) in [6.45, 7) is 3.43. The number of aromatic amines is 1. The largest absolute Gasteiger partial charge is 0.394 e. The van der Waals surface area contributed by atoms with E-state index in [0.29, 0.717) is 5.70 Å². The van der Waals surface area contributed by atoms with Crippen molar-refractivity contribution >= 4 is 23.0 Å². The molecular weight excluding hydrogens is 380 g/mol. The highest BCUT2D eigenvalue weighted by atomic mass is 16.5. The zero-order chi connectivity index (χ0) is 21.0. The number of urea groups is 1. The zero-order valence-electron chi connectivity index (χ0n) is 16.1. The van der Waals surface area contributed by atoms with Crippen molar-refractivity contribution in [1.82, 2.24) is 24.8 Å². The number of hydrogen-bond donors (Lipinski definition) is 5. The van der Waals surface area contributed by atoms with E-state index in [1.165, 1.54) is 10.9 Å². The molecule has 3 rings (SSSR count). The summed E-state index contributed by atoms with van der Waals surface area (Å²) in [6, 6.07) is -0.524. The van der Waals surface area contributed by atoms with Gasteiger partial charge in [-0.1, -0.05) is 19.1 Å². The van der Waals surface area contributed by atoms with Crippen molar-refractivity contribution in [2.45, 2.75) is 45.1 Å². The number of allylic oxidation sites excluding steroid dienone is 3. The summed E-state index contributed by atoms with van der Waals surface area (Å²) < 4.78 is 6.79. The van der Waals surface area contributed by atoms with Crippen molar-refractivity contribution in [3.8, 4) is 0 Å². The second-order valence-electron chi connectivity index (χ2n) is 6.48. The number of aliphatic hydroxyl groups is 2. The Bertz CT molecular complexity index is 994. The number of anilines is 1. The first-order valence-electron chi connectivity index (χ1n) is 9.28. The van der Waals surface area contributed by atoms with Crippen LogP contribution in [0.1, 0.15) is 32.9 Å². The van der Waals surface area contributed by atoms with Gasteiger partial charge in [0.15, 0.2) is 11.5 Å². The van der Waals surface area contributed by atoms with Crippen molar-refractivity contribution in [3.05, 3.63) is 40.7 Å². The van der Waals surface area contributed by atoms with Gasteiger partial charge in [0.25, 0.3) is 0 Å². The summed E-state index contributed by atoms with van der Waals surface area (Å²) in [6.07, 6.45) is 5.03. The normalized spacial score (nSPS) is 22.5. The van der Waals surface area contributed by atoms with E-state index in [0.717, 1.165) is 6.42 Å². The molecule has 156 valence electrons. The predicted molar refractivity (Wildman–Crippen MR) is 105 cm³/mol. The van der Waals surface area contributed by atoms with E-state index in [1.807, 2.05) is 19.9 Å². The maximum atomic E-state index is 12.5. The molecule has 1 saturated heterocycles. The Kier molecular flexibility index (Phi) is 6.42. The highest BCUT2D eigenvalue weighted by Crippen LogP contribution is 2.30. The fourth-order valence-electron chi connectivity index (χ4n) is 3.17. The highest BCUT2D eigenvalue weighted by molar-refractivity contribution is 5.96. The number of aromatic nitrogens is 4. The smallest absolute Gasteiger partial charge is 0.329 e. The third-order valence-electron chi connectivity index (χ3n) is 4.44. The molecule has 0 bridgehead atoms. The van der Waals surface area contributed by atoms with Crippen LogP contribution in [0.5, 0.6) is 0 Å². The van der Waals surface area contributed by atoms with Crippen LogP contribution in [0.2, 0.25) is 0 Å². The number of imidazole rings is 1. The molecule has 0 aliphatic carbocycles. The van der Waals surface area contributed by atoms with Gasteiger partial charge in [-0.2, -0.15) is 0 Å². The van der Waals surface area contributed by atoms with Crippen molar-refractivity contribution in [1.29, 1.82) is 0 Å². The number of H-pyrrole nitrogens is 1. The average molecular weight is 404 g/mol. The van der Waals surface area contributed by atoms with Gasteiger partial charge in [-0.05, 0) is 19.4 Å². The number of rotatable bonds is 6. The molecule has 5 N–H and O–H groups in total. The van der Waals surface area contributed by atoms with Gasteiger partial charge in [0.2, 0.25) is 0 Å². The third-order valence-corrected chi connectivity index (χ3v) is 4.44. The zero-order valence-corrected chi connectivity index (χ0v) is 16.1. The second kappa shape index (κ2) is 8.99. The number of carbonyl (C=O) groups is 1. The van der Waals surface area contributed by atoms with E-state index in [-0.39, 0.29) is 30.0 Å². The molecule has 1 aliphatic rings. The highest BCUT2D eigenvalue weighted by Gasteiger charge is 2.36. The van der Waals surface area contributed by atoms with Crippen molar-refractivity contribution in [3.63, 3.8) is 0 Å². The Labute approximate surface area is 166 Å². The van der Waals surface area contributed by atoms with Gasteiger partial charge in [0, 0.05) is 12.1 Å². The minimum Gasteiger partial charge on any atom is -0.394 e. The molecule has 0 radical (unpaired) electrons. The van der Waals surface area contributed by atoms with Gasteiger partial charge in [0.05, 0.1) is 12.7 Å². The Morgan fingerprint density at radius 1 is 1.48 bits per heavy atom. The van der Waals surface area contributed by atoms with Gasteiger partial charge in [-0.25, -0.2) is 24.1 Å². The SMILES string of the molecule is C/C=C\C(=C/CC)NC(=O)Nc1ncnc2c1[nH]c(=O)n2C1CC(O)C(CO)O1. The quantitative estimate of drug-likeness (QED) is 0.445. The summed E-state index contributed by atoms with van der Waals surface area (Å²) in [5.74, 6) is 0.122. The molecule has 2 aromatic heterocycles. The summed E-state index contributed by atoms with van der Waals surface area (Å²) in [4.78, 5) is 35.6. The molecule has 1 fully saturated rings. The fourth-order valence-corrected chi connectivity index (χ4v) is 3.17. The number of carbonyl (C=O) groups excluding carboxylic acids is 1. The lowest BCUT2D eigenvalue weighted by Gasteiger charge is -2.13. The minimum atomic E-state index is -0.901. The van der Waals surface area contributed by atoms with Gasteiger partial charge in [-0.15, -0.1) is 0 Å². The van der Waals surface area contributed by atoms with Crippen LogP contribution in [0.4, 0.5) is 10.6 Å². The second-order valence-corrected chi connectivity index (χ2v) is 6.48.